The number of ether oxygens (including phenoxy) is 1. The first kappa shape index (κ1) is 26.6. The second-order valence-electron chi connectivity index (χ2n) is 8.87. The lowest BCUT2D eigenvalue weighted by Gasteiger charge is -2.44. The van der Waals surface area contributed by atoms with Gasteiger partial charge in [0.15, 0.2) is 0 Å². The van der Waals surface area contributed by atoms with E-state index in [1.54, 1.807) is 44.2 Å². The van der Waals surface area contributed by atoms with Crippen LogP contribution in [0.25, 0.3) is 0 Å². The van der Waals surface area contributed by atoms with E-state index in [0.717, 1.165) is 5.56 Å². The van der Waals surface area contributed by atoms with E-state index in [1.807, 2.05) is 0 Å². The highest BCUT2D eigenvalue weighted by atomic mass is 19.4. The second kappa shape index (κ2) is 9.91. The van der Waals surface area contributed by atoms with Crippen molar-refractivity contribution in [2.24, 2.45) is 5.41 Å². The summed E-state index contributed by atoms with van der Waals surface area (Å²) in [4.78, 5) is 27.2. The molecule has 35 heavy (non-hydrogen) atoms. The summed E-state index contributed by atoms with van der Waals surface area (Å²) in [5.74, 6) is -1.41. The van der Waals surface area contributed by atoms with Crippen molar-refractivity contribution in [3.05, 3.63) is 70.8 Å². The molecule has 1 aliphatic rings. The summed E-state index contributed by atoms with van der Waals surface area (Å²) in [5, 5.41) is 0. The molecule has 1 fully saturated rings. The van der Waals surface area contributed by atoms with E-state index >= 15 is 0 Å². The summed E-state index contributed by atoms with van der Waals surface area (Å²) >= 11 is 0. The van der Waals surface area contributed by atoms with Gasteiger partial charge in [-0.2, -0.15) is 26.3 Å². The Kier molecular flexibility index (Phi) is 7.52. The number of piperidine rings is 1. The molecule has 0 aliphatic carbocycles. The van der Waals surface area contributed by atoms with E-state index in [1.165, 1.54) is 4.90 Å². The number of esters is 1. The molecule has 3 rings (SSSR count). The third kappa shape index (κ3) is 6.15. The molecule has 10 heteroatoms. The number of hydrogen-bond donors (Lipinski definition) is 0. The number of likely N-dealkylation sites (tertiary alicyclic amines) is 1. The standard InChI is InChI=1S/C25H25F6NO3/c1-3-35-22(34)23(2)9-10-32(20(15-23)11-16-7-5-4-6-8-16)21(33)17-12-18(24(26,27)28)14-19(13-17)25(29,30)31/h4-8,12-14,20H,3,9-11,15H2,1-2H3. The van der Waals surface area contributed by atoms with Crippen LogP contribution in [0.3, 0.4) is 0 Å². The fourth-order valence-electron chi connectivity index (χ4n) is 4.35. The van der Waals surface area contributed by atoms with Crippen molar-refractivity contribution < 1.29 is 40.7 Å². The Morgan fingerprint density at radius 2 is 1.57 bits per heavy atom. The van der Waals surface area contributed by atoms with Crippen LogP contribution in [0, 0.1) is 5.41 Å². The quantitative estimate of drug-likeness (QED) is 0.365. The minimum atomic E-state index is -5.07. The second-order valence-corrected chi connectivity index (χ2v) is 8.87. The summed E-state index contributed by atoms with van der Waals surface area (Å²) in [6.45, 7) is 3.48. The van der Waals surface area contributed by atoms with Crippen molar-refractivity contribution in [1.82, 2.24) is 4.90 Å². The number of carbonyl (C=O) groups excluding carboxylic acids is 2. The van der Waals surface area contributed by atoms with Crippen molar-refractivity contribution in [2.45, 2.75) is 51.5 Å². The van der Waals surface area contributed by atoms with Gasteiger partial charge in [0.05, 0.1) is 23.1 Å². The van der Waals surface area contributed by atoms with Gasteiger partial charge in [-0.25, -0.2) is 0 Å². The number of carbonyl (C=O) groups is 2. The van der Waals surface area contributed by atoms with E-state index in [9.17, 15) is 35.9 Å². The molecular formula is C25H25F6NO3. The van der Waals surface area contributed by atoms with Crippen LogP contribution in [0.1, 0.15) is 53.7 Å². The van der Waals surface area contributed by atoms with Gasteiger partial charge in [-0.3, -0.25) is 9.59 Å². The van der Waals surface area contributed by atoms with Crippen LogP contribution < -0.4 is 0 Å². The van der Waals surface area contributed by atoms with Crippen LogP contribution in [0.15, 0.2) is 48.5 Å². The van der Waals surface area contributed by atoms with Gasteiger partial charge < -0.3 is 9.64 Å². The van der Waals surface area contributed by atoms with Crippen LogP contribution in [0.4, 0.5) is 26.3 Å². The average Bonchev–Trinajstić information content (AvgIpc) is 2.78. The molecule has 4 nitrogen and oxygen atoms in total. The molecule has 0 spiro atoms. The number of halogens is 6. The molecule has 190 valence electrons. The van der Waals surface area contributed by atoms with Gasteiger partial charge >= 0.3 is 18.3 Å². The topological polar surface area (TPSA) is 46.6 Å². The van der Waals surface area contributed by atoms with Crippen molar-refractivity contribution in [3.63, 3.8) is 0 Å². The summed E-state index contributed by atoms with van der Waals surface area (Å²) in [5.41, 5.74) is -3.95. The van der Waals surface area contributed by atoms with Gasteiger partial charge in [0.25, 0.3) is 5.91 Å². The number of benzene rings is 2. The Morgan fingerprint density at radius 3 is 2.09 bits per heavy atom. The van der Waals surface area contributed by atoms with Crippen LogP contribution in [0.2, 0.25) is 0 Å². The van der Waals surface area contributed by atoms with Crippen molar-refractivity contribution in [1.29, 1.82) is 0 Å². The molecule has 1 saturated heterocycles. The predicted molar refractivity (Wildman–Crippen MR) is 115 cm³/mol. The van der Waals surface area contributed by atoms with Crippen molar-refractivity contribution in [2.75, 3.05) is 13.2 Å². The first-order chi connectivity index (χ1) is 16.2. The number of rotatable bonds is 5. The van der Waals surface area contributed by atoms with Gasteiger partial charge in [0.1, 0.15) is 0 Å². The normalized spacial score (nSPS) is 21.0. The molecule has 0 N–H and O–H groups in total. The Morgan fingerprint density at radius 1 is 1.00 bits per heavy atom. The van der Waals surface area contributed by atoms with E-state index in [2.05, 4.69) is 0 Å². The minimum absolute atomic E-state index is 0.00768. The Hall–Kier alpha value is -3.04. The van der Waals surface area contributed by atoms with Crippen LogP contribution in [0.5, 0.6) is 0 Å². The zero-order valence-corrected chi connectivity index (χ0v) is 19.2. The monoisotopic (exact) mass is 501 g/mol. The van der Waals surface area contributed by atoms with E-state index in [0.29, 0.717) is 12.1 Å². The van der Waals surface area contributed by atoms with Gasteiger partial charge in [0, 0.05) is 18.2 Å². The maximum absolute atomic E-state index is 13.3. The van der Waals surface area contributed by atoms with Crippen molar-refractivity contribution in [3.8, 4) is 0 Å². The zero-order chi connectivity index (χ0) is 26.0. The fraction of sp³-hybridized carbons (Fsp3) is 0.440. The predicted octanol–water partition coefficient (Wildman–Crippen LogP) is 6.14. The SMILES string of the molecule is CCOC(=O)C1(C)CCN(C(=O)c2cc(C(F)(F)F)cc(C(F)(F)F)c2)C(Cc2ccccc2)C1. The third-order valence-electron chi connectivity index (χ3n) is 6.21. The minimum Gasteiger partial charge on any atom is -0.466 e. The zero-order valence-electron chi connectivity index (χ0n) is 19.2. The molecule has 1 heterocycles. The Balaban J connectivity index is 2.01. The molecular weight excluding hydrogens is 476 g/mol. The molecule has 0 radical (unpaired) electrons. The Labute approximate surface area is 198 Å². The molecule has 2 aromatic carbocycles. The summed E-state index contributed by atoms with van der Waals surface area (Å²) in [6.07, 6.45) is -9.55. The van der Waals surface area contributed by atoms with Crippen molar-refractivity contribution >= 4 is 11.9 Å². The van der Waals surface area contributed by atoms with E-state index < -0.39 is 52.4 Å². The molecule has 2 aromatic rings. The van der Waals surface area contributed by atoms with Gasteiger partial charge in [-0.1, -0.05) is 30.3 Å². The lowest BCUT2D eigenvalue weighted by molar-refractivity contribution is -0.158. The van der Waals surface area contributed by atoms with Gasteiger partial charge in [0.2, 0.25) is 0 Å². The summed E-state index contributed by atoms with van der Waals surface area (Å²) in [6, 6.07) is 9.16. The van der Waals surface area contributed by atoms with Gasteiger partial charge in [-0.05, 0) is 56.9 Å². The molecule has 0 saturated carbocycles. The smallest absolute Gasteiger partial charge is 0.416 e. The first-order valence-corrected chi connectivity index (χ1v) is 11.1. The maximum atomic E-state index is 13.3. The largest absolute Gasteiger partial charge is 0.466 e. The highest BCUT2D eigenvalue weighted by Gasteiger charge is 2.45. The number of hydrogen-bond acceptors (Lipinski definition) is 3. The molecule has 0 aromatic heterocycles. The number of nitrogens with zero attached hydrogens (tertiary/aromatic N) is 1. The van der Waals surface area contributed by atoms with Crippen LogP contribution in [-0.2, 0) is 28.3 Å². The lowest BCUT2D eigenvalue weighted by Crippen LogP contribution is -2.52. The molecule has 2 atom stereocenters. The van der Waals surface area contributed by atoms with Gasteiger partial charge in [-0.15, -0.1) is 0 Å². The van der Waals surface area contributed by atoms with E-state index in [4.69, 9.17) is 4.74 Å². The molecule has 1 amide bonds. The summed E-state index contributed by atoms with van der Waals surface area (Å²) in [7, 11) is 0. The highest BCUT2D eigenvalue weighted by molar-refractivity contribution is 5.95. The fourth-order valence-corrected chi connectivity index (χ4v) is 4.35. The lowest BCUT2D eigenvalue weighted by atomic mass is 9.75. The third-order valence-corrected chi connectivity index (χ3v) is 6.21. The Bertz CT molecular complexity index is 1030. The maximum Gasteiger partial charge on any atom is 0.416 e. The molecule has 2 unspecified atom stereocenters. The van der Waals surface area contributed by atoms with E-state index in [-0.39, 0.29) is 38.5 Å². The summed E-state index contributed by atoms with van der Waals surface area (Å²) < 4.78 is 85.1. The number of alkyl halides is 6. The van der Waals surface area contributed by atoms with Crippen LogP contribution >= 0.6 is 0 Å². The molecule has 0 bridgehead atoms. The number of amides is 1. The first-order valence-electron chi connectivity index (χ1n) is 11.1. The average molecular weight is 501 g/mol. The highest BCUT2D eigenvalue weighted by Crippen LogP contribution is 2.40. The van der Waals surface area contributed by atoms with Crippen LogP contribution in [-0.4, -0.2) is 36.0 Å². The molecule has 1 aliphatic heterocycles.